The summed E-state index contributed by atoms with van der Waals surface area (Å²) < 4.78 is 12.9. The molecule has 1 saturated heterocycles. The maximum absolute atomic E-state index is 12.9. The zero-order valence-corrected chi connectivity index (χ0v) is 14.5. The number of rotatable bonds is 3. The third-order valence-electron chi connectivity index (χ3n) is 3.96. The highest BCUT2D eigenvalue weighted by Gasteiger charge is 2.26. The second kappa shape index (κ2) is 9.18. The van der Waals surface area contributed by atoms with Gasteiger partial charge in [-0.3, -0.25) is 4.79 Å². The zero-order valence-electron chi connectivity index (χ0n) is 12.9. The van der Waals surface area contributed by atoms with Crippen molar-refractivity contribution in [1.82, 2.24) is 4.90 Å². The summed E-state index contributed by atoms with van der Waals surface area (Å²) in [5.41, 5.74) is 6.78. The number of nitrogens with two attached hydrogens (primary N) is 1. The molecule has 0 aliphatic carbocycles. The van der Waals surface area contributed by atoms with E-state index in [-0.39, 0.29) is 48.5 Å². The molecule has 2 unspecified atom stereocenters. The molecule has 2 atom stereocenters. The molecule has 1 aliphatic heterocycles. The monoisotopic (exact) mass is 351 g/mol. The van der Waals surface area contributed by atoms with Crippen molar-refractivity contribution in [3.8, 4) is 0 Å². The van der Waals surface area contributed by atoms with E-state index in [1.165, 1.54) is 12.1 Å². The van der Waals surface area contributed by atoms with Crippen molar-refractivity contribution in [1.29, 1.82) is 0 Å². The number of carbonyl (C=O) groups excluding carboxylic acids is 1. The summed E-state index contributed by atoms with van der Waals surface area (Å²) >= 11 is 0. The number of anilines is 1. The molecule has 0 radical (unpaired) electrons. The van der Waals surface area contributed by atoms with Crippen LogP contribution in [0.25, 0.3) is 0 Å². The average molecular weight is 352 g/mol. The van der Waals surface area contributed by atoms with Crippen LogP contribution in [0.3, 0.4) is 0 Å². The van der Waals surface area contributed by atoms with Crippen LogP contribution < -0.4 is 10.6 Å². The summed E-state index contributed by atoms with van der Waals surface area (Å²) in [7, 11) is 0. The van der Waals surface area contributed by atoms with Crippen LogP contribution in [-0.4, -0.2) is 43.0 Å². The largest absolute Gasteiger partial charge is 0.368 e. The number of amides is 1. The van der Waals surface area contributed by atoms with E-state index in [0.29, 0.717) is 13.1 Å². The first-order chi connectivity index (χ1) is 9.49. The highest BCUT2D eigenvalue weighted by atomic mass is 35.5. The van der Waals surface area contributed by atoms with Crippen molar-refractivity contribution in [2.45, 2.75) is 19.9 Å². The van der Waals surface area contributed by atoms with Crippen molar-refractivity contribution >= 4 is 36.4 Å². The van der Waals surface area contributed by atoms with Gasteiger partial charge in [0.15, 0.2) is 0 Å². The number of hydrogen-bond donors (Lipinski definition) is 1. The van der Waals surface area contributed by atoms with Gasteiger partial charge in [0.1, 0.15) is 5.82 Å². The van der Waals surface area contributed by atoms with Gasteiger partial charge in [-0.1, -0.05) is 6.92 Å². The van der Waals surface area contributed by atoms with E-state index in [2.05, 4.69) is 4.90 Å². The number of piperazine rings is 1. The lowest BCUT2D eigenvalue weighted by molar-refractivity contribution is -0.135. The van der Waals surface area contributed by atoms with Crippen LogP contribution in [0.4, 0.5) is 10.1 Å². The summed E-state index contributed by atoms with van der Waals surface area (Å²) in [6.45, 7) is 6.64. The van der Waals surface area contributed by atoms with Crippen molar-refractivity contribution < 1.29 is 9.18 Å². The summed E-state index contributed by atoms with van der Waals surface area (Å²) in [4.78, 5) is 16.2. The first-order valence-electron chi connectivity index (χ1n) is 7.04. The van der Waals surface area contributed by atoms with Crippen molar-refractivity contribution in [3.05, 3.63) is 30.1 Å². The van der Waals surface area contributed by atoms with E-state index in [1.54, 1.807) is 12.1 Å². The smallest absolute Gasteiger partial charge is 0.227 e. The molecule has 1 fully saturated rings. The second-order valence-electron chi connectivity index (χ2n) is 5.44. The molecule has 1 heterocycles. The maximum atomic E-state index is 12.9. The Morgan fingerprint density at radius 3 is 2.05 bits per heavy atom. The molecule has 2 rings (SSSR count). The Kier molecular flexibility index (Phi) is 8.74. The number of carbonyl (C=O) groups is 1. The molecule has 126 valence electrons. The molecule has 2 N–H and O–H groups in total. The lowest BCUT2D eigenvalue weighted by Crippen LogP contribution is -2.52. The Labute approximate surface area is 143 Å². The van der Waals surface area contributed by atoms with Gasteiger partial charge in [0.25, 0.3) is 0 Å². The number of benzene rings is 1. The standard InChI is InChI=1S/C15H22FN3O.2ClH/c1-11(12(2)17)15(20)19-9-7-18(8-10-19)14-5-3-13(16)4-6-14;;/h3-6,11-12H,7-10,17H2,1-2H3;2*1H. The van der Waals surface area contributed by atoms with Gasteiger partial charge in [-0.2, -0.15) is 0 Å². The molecule has 1 aromatic carbocycles. The number of hydrogen-bond acceptors (Lipinski definition) is 3. The zero-order chi connectivity index (χ0) is 14.7. The Morgan fingerprint density at radius 1 is 1.09 bits per heavy atom. The van der Waals surface area contributed by atoms with Crippen molar-refractivity contribution in [2.24, 2.45) is 11.7 Å². The van der Waals surface area contributed by atoms with Crippen LogP contribution >= 0.6 is 24.8 Å². The average Bonchev–Trinajstić information content (AvgIpc) is 2.46. The topological polar surface area (TPSA) is 49.6 Å². The van der Waals surface area contributed by atoms with Gasteiger partial charge in [0.2, 0.25) is 5.91 Å². The Hall–Kier alpha value is -1.04. The summed E-state index contributed by atoms with van der Waals surface area (Å²) in [5, 5.41) is 0. The Balaban J connectivity index is 0.00000220. The fourth-order valence-corrected chi connectivity index (χ4v) is 2.35. The number of halogens is 3. The molecular weight excluding hydrogens is 328 g/mol. The predicted molar refractivity (Wildman–Crippen MR) is 92.5 cm³/mol. The summed E-state index contributed by atoms with van der Waals surface area (Å²) in [5.74, 6) is -0.251. The van der Waals surface area contributed by atoms with Gasteiger partial charge in [0.05, 0.1) is 5.92 Å². The third-order valence-corrected chi connectivity index (χ3v) is 3.96. The molecule has 22 heavy (non-hydrogen) atoms. The minimum atomic E-state index is -0.228. The highest BCUT2D eigenvalue weighted by molar-refractivity contribution is 5.85. The van der Waals surface area contributed by atoms with Gasteiger partial charge in [-0.15, -0.1) is 24.8 Å². The number of nitrogens with zero attached hydrogens (tertiary/aromatic N) is 2. The molecule has 4 nitrogen and oxygen atoms in total. The predicted octanol–water partition coefficient (Wildman–Crippen LogP) is 2.30. The van der Waals surface area contributed by atoms with E-state index >= 15 is 0 Å². The fourth-order valence-electron chi connectivity index (χ4n) is 2.35. The van der Waals surface area contributed by atoms with Crippen LogP contribution in [-0.2, 0) is 4.79 Å². The van der Waals surface area contributed by atoms with Crippen molar-refractivity contribution in [2.75, 3.05) is 31.1 Å². The molecule has 0 saturated carbocycles. The van der Waals surface area contributed by atoms with E-state index in [1.807, 2.05) is 18.7 Å². The van der Waals surface area contributed by atoms with E-state index in [0.717, 1.165) is 18.8 Å². The lowest BCUT2D eigenvalue weighted by Gasteiger charge is -2.37. The van der Waals surface area contributed by atoms with Gasteiger partial charge in [-0.25, -0.2) is 4.39 Å². The molecule has 7 heteroatoms. The van der Waals surface area contributed by atoms with Crippen LogP contribution in [0.1, 0.15) is 13.8 Å². The Morgan fingerprint density at radius 2 is 1.59 bits per heavy atom. The minimum absolute atomic E-state index is 0. The van der Waals surface area contributed by atoms with Crippen LogP contribution in [0.2, 0.25) is 0 Å². The van der Waals surface area contributed by atoms with E-state index in [9.17, 15) is 9.18 Å². The van der Waals surface area contributed by atoms with Crippen LogP contribution in [0.15, 0.2) is 24.3 Å². The molecular formula is C15H24Cl2FN3O. The highest BCUT2D eigenvalue weighted by Crippen LogP contribution is 2.18. The minimum Gasteiger partial charge on any atom is -0.368 e. The summed E-state index contributed by atoms with van der Waals surface area (Å²) in [6, 6.07) is 6.35. The van der Waals surface area contributed by atoms with Crippen LogP contribution in [0, 0.1) is 11.7 Å². The SMILES string of the molecule is CC(N)C(C)C(=O)N1CCN(c2ccc(F)cc2)CC1.Cl.Cl. The molecule has 0 bridgehead atoms. The second-order valence-corrected chi connectivity index (χ2v) is 5.44. The molecule has 1 aromatic rings. The van der Waals surface area contributed by atoms with Gasteiger partial charge >= 0.3 is 0 Å². The van der Waals surface area contributed by atoms with Crippen molar-refractivity contribution in [3.63, 3.8) is 0 Å². The molecule has 0 spiro atoms. The van der Waals surface area contributed by atoms with Gasteiger partial charge in [0, 0.05) is 37.9 Å². The molecule has 1 aliphatic rings. The van der Waals surface area contributed by atoms with Crippen LogP contribution in [0.5, 0.6) is 0 Å². The van der Waals surface area contributed by atoms with Gasteiger partial charge in [-0.05, 0) is 31.2 Å². The first-order valence-corrected chi connectivity index (χ1v) is 7.04. The fraction of sp³-hybridized carbons (Fsp3) is 0.533. The van der Waals surface area contributed by atoms with E-state index in [4.69, 9.17) is 5.73 Å². The first kappa shape index (κ1) is 21.0. The molecule has 0 aromatic heterocycles. The molecule has 1 amide bonds. The van der Waals surface area contributed by atoms with Gasteiger partial charge < -0.3 is 15.5 Å². The quantitative estimate of drug-likeness (QED) is 0.908. The summed E-state index contributed by atoms with van der Waals surface area (Å²) in [6.07, 6.45) is 0. The normalized spacial score (nSPS) is 17.1. The van der Waals surface area contributed by atoms with E-state index < -0.39 is 0 Å². The third kappa shape index (κ3) is 5.00. The Bertz CT molecular complexity index is 462. The lowest BCUT2D eigenvalue weighted by atomic mass is 10.0. The maximum Gasteiger partial charge on any atom is 0.227 e.